The van der Waals surface area contributed by atoms with Gasteiger partial charge < -0.3 is 31.1 Å². The molecule has 0 aliphatic carbocycles. The Hall–Kier alpha value is -3.84. The van der Waals surface area contributed by atoms with Crippen LogP contribution in [0.3, 0.4) is 0 Å². The number of carboxylic acid groups (broad SMARTS) is 4. The monoisotopic (exact) mass is 544 g/mol. The Bertz CT molecular complexity index is 901. The second kappa shape index (κ2) is 17.6. The lowest BCUT2D eigenvalue weighted by Gasteiger charge is -2.24. The fraction of sp³-hybridized carbons (Fsp3) is 0.667. The summed E-state index contributed by atoms with van der Waals surface area (Å²) in [4.78, 5) is 94.4. The van der Waals surface area contributed by atoms with Crippen molar-refractivity contribution in [1.82, 2.24) is 10.6 Å². The van der Waals surface area contributed by atoms with Crippen molar-refractivity contribution >= 4 is 47.3 Å². The smallest absolute Gasteiger partial charge is 0.303 e. The fourth-order valence-corrected chi connectivity index (χ4v) is 3.63. The molecule has 4 atom stereocenters. The molecule has 0 fully saturated rings. The van der Waals surface area contributed by atoms with Gasteiger partial charge in [0.05, 0.1) is 12.1 Å². The minimum atomic E-state index is -1.34. The van der Waals surface area contributed by atoms with Crippen molar-refractivity contribution in [3.63, 3.8) is 0 Å². The predicted octanol–water partition coefficient (Wildman–Crippen LogP) is 0.606. The minimum Gasteiger partial charge on any atom is -0.481 e. The Morgan fingerprint density at radius 1 is 0.579 bits per heavy atom. The molecule has 214 valence electrons. The first kappa shape index (κ1) is 34.2. The van der Waals surface area contributed by atoms with Crippen LogP contribution in [0, 0.1) is 11.8 Å². The summed E-state index contributed by atoms with van der Waals surface area (Å²) >= 11 is 0. The summed E-state index contributed by atoms with van der Waals surface area (Å²) in [5.41, 5.74) is 0. The summed E-state index contributed by atoms with van der Waals surface area (Å²) in [6.45, 7) is 2.78. The van der Waals surface area contributed by atoms with E-state index < -0.39 is 96.9 Å². The third-order valence-corrected chi connectivity index (χ3v) is 5.90. The quantitative estimate of drug-likeness (QED) is 0.116. The Balaban J connectivity index is 5.73. The van der Waals surface area contributed by atoms with Gasteiger partial charge >= 0.3 is 23.9 Å². The van der Waals surface area contributed by atoms with Crippen LogP contribution in [0.4, 0.5) is 0 Å². The molecule has 0 aromatic heterocycles. The molecule has 0 saturated carbocycles. The number of carbonyl (C=O) groups excluding carboxylic acids is 4. The predicted molar refractivity (Wildman–Crippen MR) is 129 cm³/mol. The molecule has 0 aromatic rings. The summed E-state index contributed by atoms with van der Waals surface area (Å²) in [6.07, 6.45) is -2.93. The summed E-state index contributed by atoms with van der Waals surface area (Å²) < 4.78 is 0. The molecule has 6 N–H and O–H groups in total. The topological polar surface area (TPSA) is 242 Å². The first-order chi connectivity index (χ1) is 17.7. The molecule has 0 aromatic carbocycles. The van der Waals surface area contributed by atoms with E-state index in [-0.39, 0.29) is 38.5 Å². The van der Waals surface area contributed by atoms with Crippen molar-refractivity contribution in [3.8, 4) is 0 Å². The van der Waals surface area contributed by atoms with Crippen LogP contribution in [0.25, 0.3) is 0 Å². The number of nitrogens with one attached hydrogen (secondary N) is 2. The number of hydrogen-bond donors (Lipinski definition) is 6. The number of Topliss-reactive ketones (excluding diaryl/α,β-unsaturated/α-hetero) is 2. The maximum atomic E-state index is 13.1. The number of carbonyl (C=O) groups is 8. The number of rotatable bonds is 21. The second-order valence-electron chi connectivity index (χ2n) is 8.94. The third-order valence-electron chi connectivity index (χ3n) is 5.90. The van der Waals surface area contributed by atoms with Crippen LogP contribution in [-0.2, 0) is 38.4 Å². The maximum absolute atomic E-state index is 13.1. The summed E-state index contributed by atoms with van der Waals surface area (Å²) in [7, 11) is 0. The van der Waals surface area contributed by atoms with E-state index in [1.54, 1.807) is 6.92 Å². The van der Waals surface area contributed by atoms with Gasteiger partial charge in [-0.2, -0.15) is 0 Å². The van der Waals surface area contributed by atoms with Crippen molar-refractivity contribution in [1.29, 1.82) is 0 Å². The van der Waals surface area contributed by atoms with Gasteiger partial charge in [-0.3, -0.25) is 38.4 Å². The van der Waals surface area contributed by atoms with E-state index in [4.69, 9.17) is 20.4 Å². The lowest BCUT2D eigenvalue weighted by atomic mass is 9.90. The molecular weight excluding hydrogens is 508 g/mol. The van der Waals surface area contributed by atoms with Crippen LogP contribution >= 0.6 is 0 Å². The Labute approximate surface area is 219 Å². The highest BCUT2D eigenvalue weighted by molar-refractivity contribution is 5.94. The van der Waals surface area contributed by atoms with Gasteiger partial charge in [-0.15, -0.1) is 0 Å². The second-order valence-corrected chi connectivity index (χ2v) is 8.94. The van der Waals surface area contributed by atoms with E-state index in [2.05, 4.69) is 10.6 Å². The average molecular weight is 545 g/mol. The molecule has 14 heteroatoms. The summed E-state index contributed by atoms with van der Waals surface area (Å²) in [6, 6.07) is -2.52. The average Bonchev–Trinajstić information content (AvgIpc) is 2.81. The van der Waals surface area contributed by atoms with Crippen LogP contribution in [0.1, 0.15) is 78.1 Å². The molecule has 14 nitrogen and oxygen atoms in total. The zero-order chi connectivity index (χ0) is 29.4. The van der Waals surface area contributed by atoms with E-state index in [0.717, 1.165) is 6.92 Å². The summed E-state index contributed by atoms with van der Waals surface area (Å²) in [5, 5.41) is 40.6. The Morgan fingerprint density at radius 3 is 1.37 bits per heavy atom. The van der Waals surface area contributed by atoms with Crippen molar-refractivity contribution in [2.45, 2.75) is 90.1 Å². The number of ketones is 2. The third kappa shape index (κ3) is 14.7. The largest absolute Gasteiger partial charge is 0.481 e. The highest BCUT2D eigenvalue weighted by Crippen LogP contribution is 2.18. The highest BCUT2D eigenvalue weighted by atomic mass is 16.4. The number of hydrogen-bond acceptors (Lipinski definition) is 8. The standard InChI is InChI=1S/C24H36N2O12/c1-3-14(4-8-19(29)30)23(37)26-17(7-11-22(35)36)18(28)12-15(5-9-20(31)32)24(38)25-16(13(2)27)6-10-21(33)34/h14-17H,3-12H2,1-2H3,(H,25,38)(H,26,37)(H,29,30)(H,31,32)(H,33,34)(H,35,36). The van der Waals surface area contributed by atoms with Crippen molar-refractivity contribution in [2.75, 3.05) is 0 Å². The van der Waals surface area contributed by atoms with Gasteiger partial charge in [0.1, 0.15) is 0 Å². The van der Waals surface area contributed by atoms with E-state index in [1.807, 2.05) is 0 Å². The van der Waals surface area contributed by atoms with Crippen LogP contribution in [0.5, 0.6) is 0 Å². The van der Waals surface area contributed by atoms with Crippen molar-refractivity contribution in [2.24, 2.45) is 11.8 Å². The van der Waals surface area contributed by atoms with Gasteiger partial charge in [0.25, 0.3) is 0 Å². The van der Waals surface area contributed by atoms with Crippen molar-refractivity contribution < 1.29 is 58.8 Å². The van der Waals surface area contributed by atoms with Crippen LogP contribution in [0.2, 0.25) is 0 Å². The lowest BCUT2D eigenvalue weighted by molar-refractivity contribution is -0.140. The van der Waals surface area contributed by atoms with Crippen molar-refractivity contribution in [3.05, 3.63) is 0 Å². The van der Waals surface area contributed by atoms with Crippen LogP contribution in [-0.4, -0.2) is 79.8 Å². The molecule has 4 unspecified atom stereocenters. The van der Waals surface area contributed by atoms with Gasteiger partial charge in [0.2, 0.25) is 11.8 Å². The molecule has 0 aliphatic heterocycles. The molecular formula is C24H36N2O12. The lowest BCUT2D eigenvalue weighted by Crippen LogP contribution is -2.47. The van der Waals surface area contributed by atoms with Crippen LogP contribution < -0.4 is 10.6 Å². The van der Waals surface area contributed by atoms with Gasteiger partial charge in [0, 0.05) is 43.9 Å². The molecule has 38 heavy (non-hydrogen) atoms. The highest BCUT2D eigenvalue weighted by Gasteiger charge is 2.31. The zero-order valence-corrected chi connectivity index (χ0v) is 21.4. The minimum absolute atomic E-state index is 0.00999. The first-order valence-corrected chi connectivity index (χ1v) is 12.2. The SMILES string of the molecule is CCC(CCC(=O)O)C(=O)NC(CCC(=O)O)C(=O)CC(CCC(=O)O)C(=O)NC(CCC(=O)O)C(C)=O. The Kier molecular flexibility index (Phi) is 15.8. The van der Waals surface area contributed by atoms with E-state index in [0.29, 0.717) is 0 Å². The normalized spacial score (nSPS) is 13.8. The van der Waals surface area contributed by atoms with Gasteiger partial charge in [-0.25, -0.2) is 0 Å². The van der Waals surface area contributed by atoms with Gasteiger partial charge in [-0.1, -0.05) is 6.92 Å². The number of amides is 2. The molecule has 0 bridgehead atoms. The zero-order valence-electron chi connectivity index (χ0n) is 21.4. The molecule has 2 amide bonds. The van der Waals surface area contributed by atoms with Gasteiger partial charge in [0.15, 0.2) is 11.6 Å². The number of aliphatic carboxylic acids is 4. The van der Waals surface area contributed by atoms with E-state index in [1.165, 1.54) is 0 Å². The number of carboxylic acids is 4. The van der Waals surface area contributed by atoms with Gasteiger partial charge in [-0.05, 0) is 39.0 Å². The van der Waals surface area contributed by atoms with E-state index in [9.17, 15) is 38.4 Å². The molecule has 0 spiro atoms. The Morgan fingerprint density at radius 2 is 0.947 bits per heavy atom. The molecule has 0 rings (SSSR count). The first-order valence-electron chi connectivity index (χ1n) is 12.2. The molecule has 0 heterocycles. The maximum Gasteiger partial charge on any atom is 0.303 e. The van der Waals surface area contributed by atoms with Crippen LogP contribution in [0.15, 0.2) is 0 Å². The van der Waals surface area contributed by atoms with E-state index >= 15 is 0 Å². The molecule has 0 saturated heterocycles. The fourth-order valence-electron chi connectivity index (χ4n) is 3.63. The molecule has 0 radical (unpaired) electrons. The molecule has 0 aliphatic rings. The summed E-state index contributed by atoms with van der Waals surface area (Å²) in [5.74, 6) is -9.66.